The third-order valence-electron chi connectivity index (χ3n) is 2.70. The topological polar surface area (TPSA) is 46.2 Å². The lowest BCUT2D eigenvalue weighted by Crippen LogP contribution is -2.10. The molecule has 0 amide bonds. The number of halogens is 2. The summed E-state index contributed by atoms with van der Waals surface area (Å²) in [5.74, 6) is -1.57. The van der Waals surface area contributed by atoms with E-state index in [0.717, 1.165) is 29.2 Å². The molecule has 0 aliphatic carbocycles. The lowest BCUT2D eigenvalue weighted by Gasteiger charge is -2.05. The van der Waals surface area contributed by atoms with Crippen molar-refractivity contribution in [3.8, 4) is 0 Å². The predicted molar refractivity (Wildman–Crippen MR) is 79.1 cm³/mol. The maximum atomic E-state index is 13.4. The van der Waals surface area contributed by atoms with Gasteiger partial charge in [0.2, 0.25) is 0 Å². The van der Waals surface area contributed by atoms with Crippen molar-refractivity contribution in [2.45, 2.75) is 6.92 Å². The van der Waals surface area contributed by atoms with Gasteiger partial charge in [-0.15, -0.1) is 0 Å². The van der Waals surface area contributed by atoms with Crippen LogP contribution in [-0.2, 0) is 10.0 Å². The highest BCUT2D eigenvalue weighted by molar-refractivity contribution is 7.95. The van der Waals surface area contributed by atoms with Crippen molar-refractivity contribution in [2.24, 2.45) is 0 Å². The van der Waals surface area contributed by atoms with E-state index in [0.29, 0.717) is 5.56 Å². The number of hydrogen-bond acceptors (Lipinski definition) is 2. The third kappa shape index (κ3) is 4.39. The summed E-state index contributed by atoms with van der Waals surface area (Å²) in [6.07, 6.45) is 1.37. The quantitative estimate of drug-likeness (QED) is 0.936. The van der Waals surface area contributed by atoms with Crippen molar-refractivity contribution in [1.29, 1.82) is 0 Å². The van der Waals surface area contributed by atoms with E-state index in [1.165, 1.54) is 6.08 Å². The lowest BCUT2D eigenvalue weighted by molar-refractivity contribution is 0.598. The van der Waals surface area contributed by atoms with Crippen LogP contribution in [0.3, 0.4) is 0 Å². The van der Waals surface area contributed by atoms with Crippen LogP contribution in [0.1, 0.15) is 11.1 Å². The smallest absolute Gasteiger partial charge is 0.255 e. The van der Waals surface area contributed by atoms with E-state index in [1.807, 2.05) is 23.8 Å². The molecule has 0 atom stereocenters. The number of aryl methyl sites for hydroxylation is 1. The van der Waals surface area contributed by atoms with Gasteiger partial charge in [0.25, 0.3) is 10.0 Å². The number of benzene rings is 2. The molecule has 0 aliphatic heterocycles. The fourth-order valence-corrected chi connectivity index (χ4v) is 2.48. The Morgan fingerprint density at radius 2 is 1.71 bits per heavy atom. The number of nitrogens with one attached hydrogen (secondary N) is 1. The Hall–Kier alpha value is -2.21. The van der Waals surface area contributed by atoms with Gasteiger partial charge in [0, 0.05) is 6.07 Å². The second-order valence-corrected chi connectivity index (χ2v) is 6.05. The Kier molecular flexibility index (Phi) is 4.37. The highest BCUT2D eigenvalue weighted by Gasteiger charge is 2.10. The van der Waals surface area contributed by atoms with E-state index in [2.05, 4.69) is 0 Å². The minimum absolute atomic E-state index is 0.427. The molecule has 2 rings (SSSR count). The maximum Gasteiger partial charge on any atom is 0.255 e. The van der Waals surface area contributed by atoms with Crippen molar-refractivity contribution in [1.82, 2.24) is 0 Å². The molecular formula is C15H13F2NO2S. The summed E-state index contributed by atoms with van der Waals surface area (Å²) >= 11 is 0. The summed E-state index contributed by atoms with van der Waals surface area (Å²) in [5, 5.41) is 0.905. The van der Waals surface area contributed by atoms with Crippen molar-refractivity contribution >= 4 is 21.8 Å². The summed E-state index contributed by atoms with van der Waals surface area (Å²) in [6.45, 7) is 1.92. The fraction of sp³-hybridized carbons (Fsp3) is 0.0667. The molecule has 0 spiro atoms. The van der Waals surface area contributed by atoms with Gasteiger partial charge >= 0.3 is 0 Å². The number of sulfonamides is 1. The van der Waals surface area contributed by atoms with Crippen LogP contribution in [0.25, 0.3) is 6.08 Å². The van der Waals surface area contributed by atoms with Crippen LogP contribution in [0.4, 0.5) is 14.5 Å². The average Bonchev–Trinajstić information content (AvgIpc) is 2.42. The Balaban J connectivity index is 2.18. The highest BCUT2D eigenvalue weighted by atomic mass is 32.2. The molecule has 3 nitrogen and oxygen atoms in total. The monoisotopic (exact) mass is 309 g/mol. The molecule has 0 aliphatic rings. The molecule has 0 fully saturated rings. The van der Waals surface area contributed by atoms with E-state index in [9.17, 15) is 17.2 Å². The first-order chi connectivity index (χ1) is 9.85. The summed E-state index contributed by atoms with van der Waals surface area (Å²) in [7, 11) is -3.92. The van der Waals surface area contributed by atoms with Gasteiger partial charge in [-0.05, 0) is 30.7 Å². The predicted octanol–water partition coefficient (Wildman–Crippen LogP) is 3.69. The van der Waals surface area contributed by atoms with Crippen LogP contribution in [0.15, 0.2) is 47.9 Å². The number of hydrogen-bond donors (Lipinski definition) is 1. The van der Waals surface area contributed by atoms with Gasteiger partial charge < -0.3 is 0 Å². The Bertz CT molecular complexity index is 769. The number of rotatable bonds is 4. The van der Waals surface area contributed by atoms with Gasteiger partial charge in [-0.2, -0.15) is 0 Å². The van der Waals surface area contributed by atoms with E-state index in [-0.39, 0.29) is 0 Å². The SMILES string of the molecule is Cc1ccc(/C=C/S(=O)(=O)Nc2cc(F)ccc2F)cc1. The molecule has 0 unspecified atom stereocenters. The first kappa shape index (κ1) is 15.2. The third-order valence-corrected chi connectivity index (χ3v) is 3.70. The Morgan fingerprint density at radius 3 is 2.38 bits per heavy atom. The second kappa shape index (κ2) is 6.05. The van der Waals surface area contributed by atoms with Crippen LogP contribution < -0.4 is 4.72 Å². The molecule has 0 heterocycles. The van der Waals surface area contributed by atoms with Crippen LogP contribution in [0.5, 0.6) is 0 Å². The van der Waals surface area contributed by atoms with Gasteiger partial charge in [-0.1, -0.05) is 29.8 Å². The largest absolute Gasteiger partial charge is 0.277 e. The van der Waals surface area contributed by atoms with Gasteiger partial charge in [0.15, 0.2) is 0 Å². The molecule has 0 bridgehead atoms. The first-order valence-corrected chi connectivity index (χ1v) is 7.63. The van der Waals surface area contributed by atoms with Crippen LogP contribution >= 0.6 is 0 Å². The molecule has 0 saturated carbocycles. The van der Waals surface area contributed by atoms with Gasteiger partial charge in [0.05, 0.1) is 11.1 Å². The van der Waals surface area contributed by atoms with Crippen molar-refractivity contribution < 1.29 is 17.2 Å². The van der Waals surface area contributed by atoms with E-state index < -0.39 is 27.3 Å². The zero-order valence-electron chi connectivity index (χ0n) is 11.2. The molecule has 6 heteroatoms. The second-order valence-electron chi connectivity index (χ2n) is 4.48. The van der Waals surface area contributed by atoms with Crippen molar-refractivity contribution in [2.75, 3.05) is 4.72 Å². The zero-order valence-corrected chi connectivity index (χ0v) is 12.0. The highest BCUT2D eigenvalue weighted by Crippen LogP contribution is 2.17. The maximum absolute atomic E-state index is 13.4. The zero-order chi connectivity index (χ0) is 15.5. The van der Waals surface area contributed by atoms with Crippen LogP contribution in [0.2, 0.25) is 0 Å². The molecule has 110 valence electrons. The Morgan fingerprint density at radius 1 is 1.05 bits per heavy atom. The summed E-state index contributed by atoms with van der Waals surface area (Å²) < 4.78 is 52.0. The minimum Gasteiger partial charge on any atom is -0.277 e. The molecule has 0 saturated heterocycles. The van der Waals surface area contributed by atoms with Crippen molar-refractivity contribution in [3.63, 3.8) is 0 Å². The van der Waals surface area contributed by atoms with Gasteiger partial charge in [-0.3, -0.25) is 4.72 Å². The fourth-order valence-electron chi connectivity index (χ4n) is 1.61. The van der Waals surface area contributed by atoms with E-state index >= 15 is 0 Å². The van der Waals surface area contributed by atoms with E-state index in [1.54, 1.807) is 12.1 Å². The molecule has 21 heavy (non-hydrogen) atoms. The van der Waals surface area contributed by atoms with Crippen LogP contribution in [0, 0.1) is 18.6 Å². The first-order valence-electron chi connectivity index (χ1n) is 6.08. The molecule has 2 aromatic rings. The summed E-state index contributed by atoms with van der Waals surface area (Å²) in [4.78, 5) is 0. The summed E-state index contributed by atoms with van der Waals surface area (Å²) in [5.41, 5.74) is 1.31. The molecule has 2 aromatic carbocycles. The lowest BCUT2D eigenvalue weighted by atomic mass is 10.2. The van der Waals surface area contributed by atoms with Crippen molar-refractivity contribution in [3.05, 3.63) is 70.6 Å². The molecular weight excluding hydrogens is 296 g/mol. The summed E-state index contributed by atoms with van der Waals surface area (Å²) in [6, 6.07) is 9.74. The van der Waals surface area contributed by atoms with Gasteiger partial charge in [0.1, 0.15) is 11.6 Å². The molecule has 0 radical (unpaired) electrons. The molecule has 1 N–H and O–H groups in total. The van der Waals surface area contributed by atoms with Gasteiger partial charge in [-0.25, -0.2) is 17.2 Å². The Labute approximate surface area is 122 Å². The standard InChI is InChI=1S/C15H13F2NO2S/c1-11-2-4-12(5-3-11)8-9-21(19,20)18-15-10-13(16)6-7-14(15)17/h2-10,18H,1H3/b9-8+. The minimum atomic E-state index is -3.92. The average molecular weight is 309 g/mol. The van der Waals surface area contributed by atoms with Crippen LogP contribution in [-0.4, -0.2) is 8.42 Å². The molecule has 0 aromatic heterocycles. The normalized spacial score (nSPS) is 11.8. The van der Waals surface area contributed by atoms with E-state index in [4.69, 9.17) is 0 Å². The number of anilines is 1.